The fourth-order valence-corrected chi connectivity index (χ4v) is 3.76. The largest absolute Gasteiger partial charge is 0.480 e. The van der Waals surface area contributed by atoms with Crippen LogP contribution in [0, 0.1) is 18.8 Å². The molecule has 0 atom stereocenters. The Kier molecular flexibility index (Phi) is 7.85. The lowest BCUT2D eigenvalue weighted by Gasteiger charge is -2.29. The Bertz CT molecular complexity index is 813. The number of nitrogens with zero attached hydrogens (tertiary/aromatic N) is 1. The standard InChI is InChI=1S/C24H29NO5/c1-18-7-13-22(14-8-18)25(21-5-3-2-4-6-21)24(28)30-16-20-11-9-19(10-12-20)15-29-17-23(26)27/h2-8,13-14,19-20H,9-12,15-17H2,1H3,(H,26,27). The molecule has 6 nitrogen and oxygen atoms in total. The molecule has 0 spiro atoms. The Labute approximate surface area is 177 Å². The summed E-state index contributed by atoms with van der Waals surface area (Å²) in [6.07, 6.45) is 3.44. The van der Waals surface area contributed by atoms with E-state index in [1.165, 1.54) is 0 Å². The number of aliphatic carboxylic acids is 1. The second kappa shape index (κ2) is 10.8. The smallest absolute Gasteiger partial charge is 0.418 e. The average molecular weight is 411 g/mol. The summed E-state index contributed by atoms with van der Waals surface area (Å²) in [7, 11) is 0. The van der Waals surface area contributed by atoms with Crippen molar-refractivity contribution in [3.8, 4) is 0 Å². The van der Waals surface area contributed by atoms with Gasteiger partial charge in [-0.25, -0.2) is 14.5 Å². The van der Waals surface area contributed by atoms with Crippen LogP contribution < -0.4 is 4.90 Å². The number of benzene rings is 2. The van der Waals surface area contributed by atoms with Crippen LogP contribution in [0.5, 0.6) is 0 Å². The third-order valence-corrected chi connectivity index (χ3v) is 5.48. The first-order chi connectivity index (χ1) is 14.5. The van der Waals surface area contributed by atoms with Gasteiger partial charge in [-0.2, -0.15) is 0 Å². The summed E-state index contributed by atoms with van der Waals surface area (Å²) >= 11 is 0. The first kappa shape index (κ1) is 21.8. The van der Waals surface area contributed by atoms with E-state index in [-0.39, 0.29) is 12.7 Å². The molecule has 30 heavy (non-hydrogen) atoms. The molecule has 0 heterocycles. The normalized spacial score (nSPS) is 18.6. The predicted octanol–water partition coefficient (Wildman–Crippen LogP) is 5.18. The molecular weight excluding hydrogens is 382 g/mol. The summed E-state index contributed by atoms with van der Waals surface area (Å²) in [6, 6.07) is 17.3. The van der Waals surface area contributed by atoms with Crippen LogP contribution in [0.1, 0.15) is 31.2 Å². The monoisotopic (exact) mass is 411 g/mol. The van der Waals surface area contributed by atoms with E-state index >= 15 is 0 Å². The van der Waals surface area contributed by atoms with E-state index in [0.29, 0.717) is 25.0 Å². The van der Waals surface area contributed by atoms with E-state index in [1.54, 1.807) is 4.90 Å². The Morgan fingerprint density at radius 1 is 0.900 bits per heavy atom. The Morgan fingerprint density at radius 2 is 1.47 bits per heavy atom. The van der Waals surface area contributed by atoms with Crippen molar-refractivity contribution in [2.75, 3.05) is 24.7 Å². The molecule has 0 aromatic heterocycles. The molecule has 2 aromatic carbocycles. The number of rotatable bonds is 8. The van der Waals surface area contributed by atoms with Crippen LogP contribution in [0.25, 0.3) is 0 Å². The van der Waals surface area contributed by atoms with Crippen molar-refractivity contribution in [1.82, 2.24) is 0 Å². The van der Waals surface area contributed by atoms with Gasteiger partial charge >= 0.3 is 12.1 Å². The van der Waals surface area contributed by atoms with Crippen LogP contribution in [0.2, 0.25) is 0 Å². The van der Waals surface area contributed by atoms with E-state index < -0.39 is 5.97 Å². The zero-order valence-electron chi connectivity index (χ0n) is 17.3. The zero-order valence-corrected chi connectivity index (χ0v) is 17.3. The van der Waals surface area contributed by atoms with Crippen LogP contribution in [-0.4, -0.2) is 37.0 Å². The van der Waals surface area contributed by atoms with Crippen molar-refractivity contribution in [1.29, 1.82) is 0 Å². The van der Waals surface area contributed by atoms with Gasteiger partial charge in [0, 0.05) is 0 Å². The van der Waals surface area contributed by atoms with Gasteiger partial charge in [-0.05, 0) is 68.7 Å². The fraction of sp³-hybridized carbons (Fsp3) is 0.417. The number of para-hydroxylation sites is 1. The van der Waals surface area contributed by atoms with Crippen molar-refractivity contribution >= 4 is 23.4 Å². The molecule has 0 bridgehead atoms. The number of aryl methyl sites for hydroxylation is 1. The quantitative estimate of drug-likeness (QED) is 0.648. The first-order valence-corrected chi connectivity index (χ1v) is 10.4. The van der Waals surface area contributed by atoms with Crippen LogP contribution in [0.3, 0.4) is 0 Å². The number of carbonyl (C=O) groups excluding carboxylic acids is 1. The molecule has 1 fully saturated rings. The average Bonchev–Trinajstić information content (AvgIpc) is 2.75. The number of carboxylic acid groups (broad SMARTS) is 1. The second-order valence-corrected chi connectivity index (χ2v) is 7.88. The van der Waals surface area contributed by atoms with Gasteiger partial charge in [-0.15, -0.1) is 0 Å². The zero-order chi connectivity index (χ0) is 21.3. The van der Waals surface area contributed by atoms with Crippen molar-refractivity contribution < 1.29 is 24.2 Å². The lowest BCUT2D eigenvalue weighted by atomic mass is 9.83. The number of carbonyl (C=O) groups is 2. The third-order valence-electron chi connectivity index (χ3n) is 5.48. The van der Waals surface area contributed by atoms with Gasteiger partial charge in [0.25, 0.3) is 0 Å². The molecule has 0 saturated heterocycles. The lowest BCUT2D eigenvalue weighted by Crippen LogP contribution is -2.30. The highest BCUT2D eigenvalue weighted by molar-refractivity contribution is 5.95. The second-order valence-electron chi connectivity index (χ2n) is 7.88. The first-order valence-electron chi connectivity index (χ1n) is 10.4. The maximum Gasteiger partial charge on any atom is 0.418 e. The summed E-state index contributed by atoms with van der Waals surface area (Å²) in [5.41, 5.74) is 2.67. The van der Waals surface area contributed by atoms with Crippen LogP contribution in [0.4, 0.5) is 16.2 Å². The SMILES string of the molecule is Cc1ccc(N(C(=O)OCC2CCC(COCC(=O)O)CC2)c2ccccc2)cc1. The highest BCUT2D eigenvalue weighted by Gasteiger charge is 2.25. The fourth-order valence-electron chi connectivity index (χ4n) is 3.76. The number of hydrogen-bond acceptors (Lipinski definition) is 4. The third kappa shape index (κ3) is 6.32. The van der Waals surface area contributed by atoms with E-state index in [2.05, 4.69) is 0 Å². The van der Waals surface area contributed by atoms with Crippen molar-refractivity contribution in [3.05, 3.63) is 60.2 Å². The summed E-state index contributed by atoms with van der Waals surface area (Å²) in [5.74, 6) is -0.239. The Morgan fingerprint density at radius 3 is 2.07 bits per heavy atom. The summed E-state index contributed by atoms with van der Waals surface area (Å²) < 4.78 is 10.9. The Balaban J connectivity index is 1.54. The van der Waals surface area contributed by atoms with Crippen LogP contribution >= 0.6 is 0 Å². The Hall–Kier alpha value is -2.86. The van der Waals surface area contributed by atoms with Gasteiger partial charge in [0.1, 0.15) is 6.61 Å². The highest BCUT2D eigenvalue weighted by atomic mass is 16.6. The minimum atomic E-state index is -0.938. The molecular formula is C24H29NO5. The molecule has 160 valence electrons. The molecule has 1 amide bonds. The number of hydrogen-bond donors (Lipinski definition) is 1. The number of carboxylic acids is 1. The van der Waals surface area contributed by atoms with Gasteiger partial charge in [-0.1, -0.05) is 35.9 Å². The molecule has 6 heteroatoms. The molecule has 0 aliphatic heterocycles. The number of ether oxygens (including phenoxy) is 2. The molecule has 1 aliphatic rings. The van der Waals surface area contributed by atoms with Crippen LogP contribution in [-0.2, 0) is 14.3 Å². The van der Waals surface area contributed by atoms with Gasteiger partial charge < -0.3 is 14.6 Å². The summed E-state index contributed by atoms with van der Waals surface area (Å²) in [5, 5.41) is 8.65. The van der Waals surface area contributed by atoms with Crippen molar-refractivity contribution in [3.63, 3.8) is 0 Å². The van der Waals surface area contributed by atoms with E-state index in [0.717, 1.165) is 42.6 Å². The molecule has 0 unspecified atom stereocenters. The van der Waals surface area contributed by atoms with E-state index in [9.17, 15) is 9.59 Å². The predicted molar refractivity (Wildman–Crippen MR) is 115 cm³/mol. The highest BCUT2D eigenvalue weighted by Crippen LogP contribution is 2.30. The minimum Gasteiger partial charge on any atom is -0.480 e. The summed E-state index contributed by atoms with van der Waals surface area (Å²) in [6.45, 7) is 2.63. The van der Waals surface area contributed by atoms with E-state index in [4.69, 9.17) is 14.6 Å². The molecule has 0 radical (unpaired) electrons. The van der Waals surface area contributed by atoms with Crippen molar-refractivity contribution in [2.24, 2.45) is 11.8 Å². The van der Waals surface area contributed by atoms with Gasteiger partial charge in [0.05, 0.1) is 24.6 Å². The van der Waals surface area contributed by atoms with Crippen molar-refractivity contribution in [2.45, 2.75) is 32.6 Å². The molecule has 1 N–H and O–H groups in total. The van der Waals surface area contributed by atoms with Gasteiger partial charge in [-0.3, -0.25) is 0 Å². The number of amides is 1. The minimum absolute atomic E-state index is 0.244. The van der Waals surface area contributed by atoms with Gasteiger partial charge in [0.2, 0.25) is 0 Å². The molecule has 1 saturated carbocycles. The number of anilines is 2. The van der Waals surface area contributed by atoms with E-state index in [1.807, 2.05) is 61.5 Å². The molecule has 3 rings (SSSR count). The summed E-state index contributed by atoms with van der Waals surface area (Å²) in [4.78, 5) is 25.1. The molecule has 2 aromatic rings. The maximum absolute atomic E-state index is 13.0. The lowest BCUT2D eigenvalue weighted by molar-refractivity contribution is -0.142. The maximum atomic E-state index is 13.0. The van der Waals surface area contributed by atoms with Gasteiger partial charge in [0.15, 0.2) is 0 Å². The van der Waals surface area contributed by atoms with Crippen LogP contribution in [0.15, 0.2) is 54.6 Å². The molecule has 1 aliphatic carbocycles. The topological polar surface area (TPSA) is 76.1 Å².